The molecule has 0 saturated heterocycles. The monoisotopic (exact) mass is 258 g/mol. The molecule has 0 atom stereocenters. The van der Waals surface area contributed by atoms with E-state index in [-0.39, 0.29) is 5.91 Å². The number of nitrogens with one attached hydrogen (secondary N) is 1. The molecule has 4 heteroatoms. The molecule has 18 heavy (non-hydrogen) atoms. The maximum Gasteiger partial charge on any atom is 0.228 e. The molecule has 92 valence electrons. The summed E-state index contributed by atoms with van der Waals surface area (Å²) in [6.07, 6.45) is 5.71. The average Bonchev–Trinajstić information content (AvgIpc) is 2.40. The fourth-order valence-electron chi connectivity index (χ4n) is 1.66. The van der Waals surface area contributed by atoms with Crippen molar-refractivity contribution in [1.82, 2.24) is 4.98 Å². The molecule has 2 aromatic rings. The summed E-state index contributed by atoms with van der Waals surface area (Å²) in [5, 5.41) is 2.83. The van der Waals surface area contributed by atoms with E-state index < -0.39 is 0 Å². The van der Waals surface area contributed by atoms with Gasteiger partial charge in [0.15, 0.2) is 0 Å². The van der Waals surface area contributed by atoms with Crippen LogP contribution >= 0.6 is 11.8 Å². The van der Waals surface area contributed by atoms with Crippen molar-refractivity contribution in [3.05, 3.63) is 54.4 Å². The summed E-state index contributed by atoms with van der Waals surface area (Å²) < 4.78 is 0. The molecule has 2 rings (SSSR count). The van der Waals surface area contributed by atoms with Crippen LogP contribution in [0.5, 0.6) is 0 Å². The molecular formula is C14H14N2OS. The zero-order chi connectivity index (χ0) is 12.8. The van der Waals surface area contributed by atoms with Crippen molar-refractivity contribution < 1.29 is 4.79 Å². The van der Waals surface area contributed by atoms with Gasteiger partial charge in [-0.3, -0.25) is 9.78 Å². The third-order valence-corrected chi connectivity index (χ3v) is 3.33. The lowest BCUT2D eigenvalue weighted by molar-refractivity contribution is -0.115. The molecule has 0 unspecified atom stereocenters. The van der Waals surface area contributed by atoms with Gasteiger partial charge in [-0.1, -0.05) is 18.2 Å². The Balaban J connectivity index is 2.03. The van der Waals surface area contributed by atoms with Crippen LogP contribution < -0.4 is 5.32 Å². The lowest BCUT2D eigenvalue weighted by atomic mass is 10.1. The molecule has 3 nitrogen and oxygen atoms in total. The van der Waals surface area contributed by atoms with Crippen molar-refractivity contribution in [3.8, 4) is 0 Å². The van der Waals surface area contributed by atoms with E-state index in [9.17, 15) is 4.79 Å². The van der Waals surface area contributed by atoms with Gasteiger partial charge >= 0.3 is 0 Å². The van der Waals surface area contributed by atoms with Gasteiger partial charge < -0.3 is 5.32 Å². The van der Waals surface area contributed by atoms with Gasteiger partial charge in [0.05, 0.1) is 18.3 Å². The van der Waals surface area contributed by atoms with Crippen molar-refractivity contribution in [3.63, 3.8) is 0 Å². The molecule has 0 fully saturated rings. The van der Waals surface area contributed by atoms with E-state index in [4.69, 9.17) is 0 Å². The molecular weight excluding hydrogens is 244 g/mol. The molecule has 1 aromatic carbocycles. The molecule has 1 amide bonds. The van der Waals surface area contributed by atoms with E-state index in [1.165, 1.54) is 0 Å². The third kappa shape index (κ3) is 3.34. The van der Waals surface area contributed by atoms with Crippen LogP contribution in [0.2, 0.25) is 0 Å². The molecule has 0 saturated carbocycles. The van der Waals surface area contributed by atoms with Crippen LogP contribution in [0.15, 0.2) is 53.7 Å². The Kier molecular flexibility index (Phi) is 4.36. The standard InChI is InChI=1S/C14H14N2OS/c1-18-13-7-3-2-5-11(13)9-14(17)16-12-6-4-8-15-10-12/h2-8,10H,9H2,1H3,(H,16,17). The maximum atomic E-state index is 11.9. The summed E-state index contributed by atoms with van der Waals surface area (Å²) >= 11 is 1.65. The zero-order valence-electron chi connectivity index (χ0n) is 10.1. The van der Waals surface area contributed by atoms with E-state index in [0.29, 0.717) is 6.42 Å². The molecule has 0 bridgehead atoms. The number of carbonyl (C=O) groups is 1. The molecule has 1 N–H and O–H groups in total. The minimum atomic E-state index is -0.0236. The van der Waals surface area contributed by atoms with Gasteiger partial charge in [-0.2, -0.15) is 0 Å². The normalized spacial score (nSPS) is 10.1. The molecule has 0 spiro atoms. The van der Waals surface area contributed by atoms with Gasteiger partial charge in [0.1, 0.15) is 0 Å². The van der Waals surface area contributed by atoms with E-state index in [1.807, 2.05) is 36.6 Å². The van der Waals surface area contributed by atoms with E-state index in [2.05, 4.69) is 10.3 Å². The van der Waals surface area contributed by atoms with Crippen molar-refractivity contribution >= 4 is 23.4 Å². The molecule has 0 radical (unpaired) electrons. The summed E-state index contributed by atoms with van der Waals surface area (Å²) in [6.45, 7) is 0. The molecule has 0 aliphatic carbocycles. The number of benzene rings is 1. The zero-order valence-corrected chi connectivity index (χ0v) is 10.9. The molecule has 1 aromatic heterocycles. The number of hydrogen-bond donors (Lipinski definition) is 1. The van der Waals surface area contributed by atoms with Crippen LogP contribution in [0.4, 0.5) is 5.69 Å². The van der Waals surface area contributed by atoms with Crippen molar-refractivity contribution in [1.29, 1.82) is 0 Å². The van der Waals surface area contributed by atoms with Crippen LogP contribution in [0, 0.1) is 0 Å². The van der Waals surface area contributed by atoms with Gasteiger partial charge in [0.25, 0.3) is 0 Å². The van der Waals surface area contributed by atoms with Gasteiger partial charge in [0, 0.05) is 11.1 Å². The lowest BCUT2D eigenvalue weighted by Crippen LogP contribution is -2.14. The predicted octanol–water partition coefficient (Wildman–Crippen LogP) is 2.98. The summed E-state index contributed by atoms with van der Waals surface area (Å²) in [5.74, 6) is -0.0236. The van der Waals surface area contributed by atoms with Crippen LogP contribution in [0.1, 0.15) is 5.56 Å². The summed E-state index contributed by atoms with van der Waals surface area (Å²) in [7, 11) is 0. The smallest absolute Gasteiger partial charge is 0.228 e. The van der Waals surface area contributed by atoms with E-state index in [1.54, 1.807) is 30.2 Å². The number of thioether (sulfide) groups is 1. The van der Waals surface area contributed by atoms with Gasteiger partial charge in [0.2, 0.25) is 5.91 Å². The quantitative estimate of drug-likeness (QED) is 0.857. The van der Waals surface area contributed by atoms with E-state index >= 15 is 0 Å². The van der Waals surface area contributed by atoms with Gasteiger partial charge in [-0.25, -0.2) is 0 Å². The van der Waals surface area contributed by atoms with Crippen molar-refractivity contribution in [2.45, 2.75) is 11.3 Å². The van der Waals surface area contributed by atoms with Gasteiger partial charge in [-0.15, -0.1) is 11.8 Å². The average molecular weight is 258 g/mol. The highest BCUT2D eigenvalue weighted by molar-refractivity contribution is 7.98. The maximum absolute atomic E-state index is 11.9. The minimum Gasteiger partial charge on any atom is -0.324 e. The highest BCUT2D eigenvalue weighted by atomic mass is 32.2. The third-order valence-electron chi connectivity index (χ3n) is 2.49. The molecule has 1 heterocycles. The second-order valence-electron chi connectivity index (χ2n) is 3.78. The first kappa shape index (κ1) is 12.6. The summed E-state index contributed by atoms with van der Waals surface area (Å²) in [4.78, 5) is 17.0. The van der Waals surface area contributed by atoms with Crippen molar-refractivity contribution in [2.75, 3.05) is 11.6 Å². The van der Waals surface area contributed by atoms with Crippen LogP contribution in [0.25, 0.3) is 0 Å². The van der Waals surface area contributed by atoms with Crippen molar-refractivity contribution in [2.24, 2.45) is 0 Å². The van der Waals surface area contributed by atoms with E-state index in [0.717, 1.165) is 16.1 Å². The Hall–Kier alpha value is -1.81. The highest BCUT2D eigenvalue weighted by Crippen LogP contribution is 2.20. The Bertz CT molecular complexity index is 528. The second-order valence-corrected chi connectivity index (χ2v) is 4.63. The first-order valence-corrected chi connectivity index (χ1v) is 6.84. The first-order valence-electron chi connectivity index (χ1n) is 5.61. The minimum absolute atomic E-state index is 0.0236. The van der Waals surface area contributed by atoms with Gasteiger partial charge in [-0.05, 0) is 30.0 Å². The van der Waals surface area contributed by atoms with Crippen LogP contribution in [-0.4, -0.2) is 17.1 Å². The number of rotatable bonds is 4. The Morgan fingerprint density at radius 2 is 2.11 bits per heavy atom. The van der Waals surface area contributed by atoms with Crippen LogP contribution in [-0.2, 0) is 11.2 Å². The largest absolute Gasteiger partial charge is 0.324 e. The Morgan fingerprint density at radius 1 is 1.28 bits per heavy atom. The number of hydrogen-bond acceptors (Lipinski definition) is 3. The molecule has 0 aliphatic rings. The topological polar surface area (TPSA) is 42.0 Å². The number of carbonyl (C=O) groups excluding carboxylic acids is 1. The Morgan fingerprint density at radius 3 is 2.83 bits per heavy atom. The SMILES string of the molecule is CSc1ccccc1CC(=O)Nc1cccnc1. The number of anilines is 1. The number of amides is 1. The number of aromatic nitrogens is 1. The number of nitrogens with zero attached hydrogens (tertiary/aromatic N) is 1. The lowest BCUT2D eigenvalue weighted by Gasteiger charge is -2.07. The first-order chi connectivity index (χ1) is 8.79. The predicted molar refractivity (Wildman–Crippen MR) is 74.8 cm³/mol. The molecule has 0 aliphatic heterocycles. The highest BCUT2D eigenvalue weighted by Gasteiger charge is 2.07. The summed E-state index contributed by atoms with van der Waals surface area (Å²) in [6, 6.07) is 11.6. The fraction of sp³-hybridized carbons (Fsp3) is 0.143. The van der Waals surface area contributed by atoms with Crippen LogP contribution in [0.3, 0.4) is 0 Å². The second kappa shape index (κ2) is 6.21. The summed E-state index contributed by atoms with van der Waals surface area (Å²) in [5.41, 5.74) is 1.77. The Labute approximate surface area is 111 Å². The number of pyridine rings is 1. The fourth-order valence-corrected chi connectivity index (χ4v) is 2.28.